The predicted octanol–water partition coefficient (Wildman–Crippen LogP) is 6.37. The van der Waals surface area contributed by atoms with Crippen molar-refractivity contribution < 1.29 is 14.4 Å². The smallest absolute Gasteiger partial charge is 0.261 e. The van der Waals surface area contributed by atoms with E-state index < -0.39 is 0 Å². The molecule has 0 saturated heterocycles. The number of unbranched alkanes of at least 4 members (excludes halogenated alkanes) is 1. The molecule has 0 fully saturated rings. The Balaban J connectivity index is 1.46. The number of hydrogen-bond donors (Lipinski definition) is 0. The van der Waals surface area contributed by atoms with Crippen LogP contribution in [0, 0.1) is 0 Å². The Hall–Kier alpha value is -2.86. The van der Waals surface area contributed by atoms with Crippen molar-refractivity contribution in [3.8, 4) is 0 Å². The Morgan fingerprint density at radius 2 is 1.39 bits per heavy atom. The van der Waals surface area contributed by atoms with E-state index in [0.29, 0.717) is 51.8 Å². The number of anilines is 1. The number of halogens is 3. The van der Waals surface area contributed by atoms with E-state index >= 15 is 0 Å². The van der Waals surface area contributed by atoms with Crippen LogP contribution in [0.4, 0.5) is 5.69 Å². The highest BCUT2D eigenvalue weighted by Gasteiger charge is 2.34. The lowest BCUT2D eigenvalue weighted by molar-refractivity contribution is 0.0651. The fourth-order valence-corrected chi connectivity index (χ4v) is 4.37. The van der Waals surface area contributed by atoms with Crippen LogP contribution < -0.4 is 4.90 Å². The summed E-state index contributed by atoms with van der Waals surface area (Å²) in [5.41, 5.74) is 1.85. The molecule has 0 N–H and O–H groups in total. The van der Waals surface area contributed by atoms with Gasteiger partial charge in [0.25, 0.3) is 17.7 Å². The molecule has 1 heterocycles. The molecule has 0 radical (unpaired) electrons. The molecule has 0 spiro atoms. The Bertz CT molecular complexity index is 1190. The molecular weight excluding hydrogens is 483 g/mol. The van der Waals surface area contributed by atoms with Crippen LogP contribution in [0.15, 0.2) is 66.7 Å². The molecule has 4 rings (SSSR count). The molecule has 0 aliphatic carbocycles. The first-order valence-corrected chi connectivity index (χ1v) is 11.5. The molecule has 1 aliphatic rings. The fourth-order valence-electron chi connectivity index (χ4n) is 3.76. The van der Waals surface area contributed by atoms with Gasteiger partial charge in [0.1, 0.15) is 0 Å². The van der Waals surface area contributed by atoms with E-state index in [2.05, 4.69) is 0 Å². The van der Waals surface area contributed by atoms with Gasteiger partial charge in [-0.1, -0.05) is 46.9 Å². The van der Waals surface area contributed by atoms with Crippen molar-refractivity contribution in [1.29, 1.82) is 0 Å². The standard InChI is InChI=1S/C25H19Cl3N2O3/c26-16-7-10-18(11-8-16)29(25(33)21-12-9-17(27)15-22(21)28)13-3-4-14-30-23(31)19-5-1-2-6-20(19)24(30)32/h1-2,5-12,15H,3-4,13-14H2. The second-order valence-electron chi connectivity index (χ2n) is 7.57. The van der Waals surface area contributed by atoms with Gasteiger partial charge in [-0.25, -0.2) is 0 Å². The second kappa shape index (κ2) is 9.96. The maximum atomic E-state index is 13.3. The molecule has 0 aromatic heterocycles. The van der Waals surface area contributed by atoms with E-state index in [1.807, 2.05) is 0 Å². The van der Waals surface area contributed by atoms with Gasteiger partial charge in [0.05, 0.1) is 21.7 Å². The van der Waals surface area contributed by atoms with E-state index in [9.17, 15) is 14.4 Å². The Morgan fingerprint density at radius 1 is 0.788 bits per heavy atom. The SMILES string of the molecule is O=C1c2ccccc2C(=O)N1CCCCN(C(=O)c1ccc(Cl)cc1Cl)c1ccc(Cl)cc1. The van der Waals surface area contributed by atoms with Crippen LogP contribution in [-0.4, -0.2) is 35.7 Å². The van der Waals surface area contributed by atoms with E-state index in [4.69, 9.17) is 34.8 Å². The first-order valence-electron chi connectivity index (χ1n) is 10.3. The highest BCUT2D eigenvalue weighted by atomic mass is 35.5. The van der Waals surface area contributed by atoms with Crippen molar-refractivity contribution in [2.45, 2.75) is 12.8 Å². The summed E-state index contributed by atoms with van der Waals surface area (Å²) in [6, 6.07) is 18.5. The van der Waals surface area contributed by atoms with Crippen molar-refractivity contribution in [2.75, 3.05) is 18.0 Å². The summed E-state index contributed by atoms with van der Waals surface area (Å²) >= 11 is 18.3. The molecule has 3 amide bonds. The van der Waals surface area contributed by atoms with Gasteiger partial charge in [-0.2, -0.15) is 0 Å². The summed E-state index contributed by atoms with van der Waals surface area (Å²) in [7, 11) is 0. The molecule has 0 unspecified atom stereocenters. The van der Waals surface area contributed by atoms with E-state index in [1.54, 1.807) is 65.6 Å². The minimum absolute atomic E-state index is 0.262. The number of hydrogen-bond acceptors (Lipinski definition) is 3. The predicted molar refractivity (Wildman–Crippen MR) is 131 cm³/mol. The first kappa shape index (κ1) is 23.3. The molecule has 8 heteroatoms. The van der Waals surface area contributed by atoms with Crippen molar-refractivity contribution >= 4 is 58.2 Å². The minimum Gasteiger partial charge on any atom is -0.308 e. The zero-order chi connectivity index (χ0) is 23.5. The normalized spacial score (nSPS) is 12.8. The van der Waals surface area contributed by atoms with E-state index in [0.717, 1.165) is 0 Å². The Kier molecular flexibility index (Phi) is 7.03. The van der Waals surface area contributed by atoms with Gasteiger partial charge in [0.15, 0.2) is 0 Å². The molecule has 3 aromatic carbocycles. The summed E-state index contributed by atoms with van der Waals surface area (Å²) in [5, 5.41) is 1.26. The highest BCUT2D eigenvalue weighted by Crippen LogP contribution is 2.27. The summed E-state index contributed by atoms with van der Waals surface area (Å²) in [6.07, 6.45) is 1.10. The van der Waals surface area contributed by atoms with Gasteiger partial charge in [0, 0.05) is 28.8 Å². The Labute approximate surface area is 206 Å². The third-order valence-corrected chi connectivity index (χ3v) is 6.24. The summed E-state index contributed by atoms with van der Waals surface area (Å²) < 4.78 is 0. The maximum Gasteiger partial charge on any atom is 0.261 e. The lowest BCUT2D eigenvalue weighted by atomic mass is 10.1. The van der Waals surface area contributed by atoms with Crippen LogP contribution in [0.25, 0.3) is 0 Å². The number of nitrogens with zero attached hydrogens (tertiary/aromatic N) is 2. The van der Waals surface area contributed by atoms with Gasteiger partial charge < -0.3 is 4.90 Å². The van der Waals surface area contributed by atoms with Crippen molar-refractivity contribution in [3.05, 3.63) is 98.5 Å². The van der Waals surface area contributed by atoms with Crippen LogP contribution in [0.2, 0.25) is 15.1 Å². The number of rotatable bonds is 7. The minimum atomic E-state index is -0.283. The number of benzene rings is 3. The van der Waals surface area contributed by atoms with E-state index in [1.165, 1.54) is 11.0 Å². The van der Waals surface area contributed by atoms with Crippen molar-refractivity contribution in [3.63, 3.8) is 0 Å². The van der Waals surface area contributed by atoms with Gasteiger partial charge in [0.2, 0.25) is 0 Å². The molecular formula is C25H19Cl3N2O3. The average molecular weight is 502 g/mol. The molecule has 33 heavy (non-hydrogen) atoms. The largest absolute Gasteiger partial charge is 0.308 e. The van der Waals surface area contributed by atoms with Crippen LogP contribution in [0.1, 0.15) is 43.9 Å². The molecule has 3 aromatic rings. The molecule has 5 nitrogen and oxygen atoms in total. The average Bonchev–Trinajstić information content (AvgIpc) is 3.04. The fraction of sp³-hybridized carbons (Fsp3) is 0.160. The summed E-state index contributed by atoms with van der Waals surface area (Å²) in [6.45, 7) is 0.638. The number of amides is 3. The highest BCUT2D eigenvalue weighted by molar-refractivity contribution is 6.37. The van der Waals surface area contributed by atoms with Crippen LogP contribution in [0.3, 0.4) is 0 Å². The zero-order valence-corrected chi connectivity index (χ0v) is 19.7. The summed E-state index contributed by atoms with van der Waals surface area (Å²) in [4.78, 5) is 41.3. The number of carbonyl (C=O) groups excluding carboxylic acids is 3. The van der Waals surface area contributed by atoms with Gasteiger partial charge in [-0.15, -0.1) is 0 Å². The molecule has 168 valence electrons. The van der Waals surface area contributed by atoms with Crippen LogP contribution in [-0.2, 0) is 0 Å². The lowest BCUT2D eigenvalue weighted by Crippen LogP contribution is -2.34. The molecule has 0 saturated carbocycles. The van der Waals surface area contributed by atoms with Gasteiger partial charge >= 0.3 is 0 Å². The van der Waals surface area contributed by atoms with Crippen LogP contribution in [0.5, 0.6) is 0 Å². The number of carbonyl (C=O) groups is 3. The quantitative estimate of drug-likeness (QED) is 0.279. The second-order valence-corrected chi connectivity index (χ2v) is 8.85. The van der Waals surface area contributed by atoms with Gasteiger partial charge in [-0.05, 0) is 67.4 Å². The topological polar surface area (TPSA) is 57.7 Å². The lowest BCUT2D eigenvalue weighted by Gasteiger charge is -2.24. The number of fused-ring (bicyclic) bond motifs is 1. The number of imide groups is 1. The van der Waals surface area contributed by atoms with Crippen LogP contribution >= 0.6 is 34.8 Å². The van der Waals surface area contributed by atoms with E-state index in [-0.39, 0.29) is 29.3 Å². The molecule has 1 aliphatic heterocycles. The third kappa shape index (κ3) is 4.91. The van der Waals surface area contributed by atoms with Crippen molar-refractivity contribution in [1.82, 2.24) is 4.90 Å². The summed E-state index contributed by atoms with van der Waals surface area (Å²) in [5.74, 6) is -0.844. The molecule has 0 atom stereocenters. The Morgan fingerprint density at radius 3 is 2.00 bits per heavy atom. The maximum absolute atomic E-state index is 13.3. The van der Waals surface area contributed by atoms with Crippen molar-refractivity contribution in [2.24, 2.45) is 0 Å². The zero-order valence-electron chi connectivity index (χ0n) is 17.4. The van der Waals surface area contributed by atoms with Gasteiger partial charge in [-0.3, -0.25) is 19.3 Å². The molecule has 0 bridgehead atoms. The monoisotopic (exact) mass is 500 g/mol. The first-order chi connectivity index (χ1) is 15.9. The third-order valence-electron chi connectivity index (χ3n) is 5.44.